The third-order valence-electron chi connectivity index (χ3n) is 3.91. The lowest BCUT2D eigenvalue weighted by atomic mass is 10.2. The molecule has 2 aromatic heterocycles. The van der Waals surface area contributed by atoms with Crippen LogP contribution in [0.1, 0.15) is 5.56 Å². The zero-order chi connectivity index (χ0) is 19.4. The Bertz CT molecular complexity index is 1170. The summed E-state index contributed by atoms with van der Waals surface area (Å²) in [6.45, 7) is 1.82. The van der Waals surface area contributed by atoms with Gasteiger partial charge in [-0.25, -0.2) is 13.0 Å². The van der Waals surface area contributed by atoms with Gasteiger partial charge in [0.2, 0.25) is 0 Å². The molecule has 0 spiro atoms. The Labute approximate surface area is 157 Å². The summed E-state index contributed by atoms with van der Waals surface area (Å²) >= 11 is 0. The maximum atomic E-state index is 10.4. The standard InChI is InChI=1S/C12H11N4.C7H8O3S/c1-15-9-5-4-8-12(15)16-11-7-3-2-6-10(11)13-14-16;1-6-2-4-7(5-3-6)11(8,9)10/h2-9H,1H3;2-5H,1H3,(H,8,9,10)/q+1;/p-1. The van der Waals surface area contributed by atoms with Gasteiger partial charge in [0.15, 0.2) is 5.52 Å². The molecule has 0 N–H and O–H groups in total. The van der Waals surface area contributed by atoms with Crippen molar-refractivity contribution in [2.45, 2.75) is 11.8 Å². The number of pyridine rings is 1. The van der Waals surface area contributed by atoms with E-state index in [4.69, 9.17) is 0 Å². The van der Waals surface area contributed by atoms with Crippen molar-refractivity contribution in [3.8, 4) is 5.82 Å². The largest absolute Gasteiger partial charge is 0.744 e. The Morgan fingerprint density at radius 3 is 2.30 bits per heavy atom. The number of aromatic nitrogens is 4. The molecule has 0 fully saturated rings. The van der Waals surface area contributed by atoms with E-state index >= 15 is 0 Å². The molecule has 4 rings (SSSR count). The van der Waals surface area contributed by atoms with E-state index in [9.17, 15) is 13.0 Å². The van der Waals surface area contributed by atoms with E-state index in [2.05, 4.69) is 10.3 Å². The first-order chi connectivity index (χ1) is 12.9. The molecule has 0 amide bonds. The molecule has 27 heavy (non-hydrogen) atoms. The van der Waals surface area contributed by atoms with Crippen LogP contribution < -0.4 is 4.57 Å². The zero-order valence-electron chi connectivity index (χ0n) is 14.9. The highest BCUT2D eigenvalue weighted by atomic mass is 32.2. The number of hydrogen-bond donors (Lipinski definition) is 0. The predicted molar refractivity (Wildman–Crippen MR) is 99.2 cm³/mol. The average Bonchev–Trinajstić information content (AvgIpc) is 3.06. The van der Waals surface area contributed by atoms with E-state index in [-0.39, 0.29) is 4.90 Å². The highest BCUT2D eigenvalue weighted by Gasteiger charge is 2.15. The number of nitrogens with zero attached hydrogens (tertiary/aromatic N) is 4. The fourth-order valence-corrected chi connectivity index (χ4v) is 2.95. The lowest BCUT2D eigenvalue weighted by molar-refractivity contribution is -0.666. The van der Waals surface area contributed by atoms with Gasteiger partial charge < -0.3 is 4.55 Å². The molecule has 2 heterocycles. The Morgan fingerprint density at radius 2 is 1.63 bits per heavy atom. The van der Waals surface area contributed by atoms with Crippen LogP contribution in [0.3, 0.4) is 0 Å². The molecule has 138 valence electrons. The summed E-state index contributed by atoms with van der Waals surface area (Å²) in [5.74, 6) is 0.996. The van der Waals surface area contributed by atoms with Crippen molar-refractivity contribution < 1.29 is 17.5 Å². The monoisotopic (exact) mass is 382 g/mol. The molecule has 0 saturated heterocycles. The Morgan fingerprint density at radius 1 is 0.963 bits per heavy atom. The third-order valence-corrected chi connectivity index (χ3v) is 4.76. The van der Waals surface area contributed by atoms with Gasteiger partial charge in [0.05, 0.1) is 18.1 Å². The highest BCUT2D eigenvalue weighted by molar-refractivity contribution is 7.85. The van der Waals surface area contributed by atoms with Crippen LogP contribution in [0.15, 0.2) is 77.8 Å². The van der Waals surface area contributed by atoms with E-state index in [1.165, 1.54) is 12.1 Å². The maximum absolute atomic E-state index is 10.4. The van der Waals surface area contributed by atoms with Crippen molar-refractivity contribution in [1.29, 1.82) is 0 Å². The van der Waals surface area contributed by atoms with Crippen LogP contribution in [0.2, 0.25) is 0 Å². The molecule has 0 atom stereocenters. The third kappa shape index (κ3) is 4.36. The average molecular weight is 382 g/mol. The topological polar surface area (TPSA) is 91.8 Å². The summed E-state index contributed by atoms with van der Waals surface area (Å²) in [5.41, 5.74) is 2.85. The minimum atomic E-state index is -4.27. The van der Waals surface area contributed by atoms with Gasteiger partial charge in [0.1, 0.15) is 15.6 Å². The summed E-state index contributed by atoms with van der Waals surface area (Å²) in [5, 5.41) is 8.31. The van der Waals surface area contributed by atoms with E-state index in [0.29, 0.717) is 0 Å². The predicted octanol–water partition coefficient (Wildman–Crippen LogP) is 2.14. The van der Waals surface area contributed by atoms with Crippen LogP contribution in [-0.4, -0.2) is 28.0 Å². The lowest BCUT2D eigenvalue weighted by Crippen LogP contribution is -2.33. The van der Waals surface area contributed by atoms with Crippen molar-refractivity contribution >= 4 is 21.2 Å². The fraction of sp³-hybridized carbons (Fsp3) is 0.105. The SMILES string of the molecule is C[n+]1ccccc1-n1nnc2ccccc21.Cc1ccc(S(=O)(=O)[O-])cc1. The molecule has 0 bridgehead atoms. The van der Waals surface area contributed by atoms with Gasteiger partial charge in [-0.3, -0.25) is 0 Å². The first-order valence-electron chi connectivity index (χ1n) is 8.14. The maximum Gasteiger partial charge on any atom is 0.308 e. The minimum Gasteiger partial charge on any atom is -0.744 e. The van der Waals surface area contributed by atoms with Gasteiger partial charge in [-0.1, -0.05) is 40.6 Å². The molecule has 0 radical (unpaired) electrons. The number of aryl methyl sites for hydroxylation is 2. The van der Waals surface area contributed by atoms with Gasteiger partial charge in [0.25, 0.3) is 0 Å². The van der Waals surface area contributed by atoms with Crippen molar-refractivity contribution in [3.63, 3.8) is 0 Å². The minimum absolute atomic E-state index is 0.178. The van der Waals surface area contributed by atoms with Gasteiger partial charge in [-0.15, -0.1) is 5.10 Å². The van der Waals surface area contributed by atoms with E-state index in [1.54, 1.807) is 12.1 Å². The van der Waals surface area contributed by atoms with Gasteiger partial charge in [-0.2, -0.15) is 0 Å². The van der Waals surface area contributed by atoms with Gasteiger partial charge in [0, 0.05) is 11.3 Å². The smallest absolute Gasteiger partial charge is 0.308 e. The second-order valence-corrected chi connectivity index (χ2v) is 7.31. The van der Waals surface area contributed by atoms with E-state index in [1.807, 2.05) is 71.9 Å². The quantitative estimate of drug-likeness (QED) is 0.391. The molecule has 8 heteroatoms. The summed E-state index contributed by atoms with van der Waals surface area (Å²) in [6, 6.07) is 19.7. The number of benzene rings is 2. The summed E-state index contributed by atoms with van der Waals surface area (Å²) in [6.07, 6.45) is 1.99. The normalized spacial score (nSPS) is 11.1. The van der Waals surface area contributed by atoms with Crippen LogP contribution in [0.25, 0.3) is 16.9 Å². The molecule has 4 aromatic rings. The lowest BCUT2D eigenvalue weighted by Gasteiger charge is -2.05. The van der Waals surface area contributed by atoms with Crippen LogP contribution in [0.4, 0.5) is 0 Å². The molecule has 0 unspecified atom stereocenters. The zero-order valence-corrected chi connectivity index (χ0v) is 15.7. The van der Waals surface area contributed by atoms with Crippen LogP contribution in [0.5, 0.6) is 0 Å². The van der Waals surface area contributed by atoms with Crippen LogP contribution in [-0.2, 0) is 17.2 Å². The van der Waals surface area contributed by atoms with E-state index in [0.717, 1.165) is 22.4 Å². The van der Waals surface area contributed by atoms with Gasteiger partial charge in [-0.05, 0) is 37.3 Å². The van der Waals surface area contributed by atoms with Gasteiger partial charge >= 0.3 is 5.82 Å². The summed E-state index contributed by atoms with van der Waals surface area (Å²) in [4.78, 5) is -0.178. The summed E-state index contributed by atoms with van der Waals surface area (Å²) in [7, 11) is -2.28. The van der Waals surface area contributed by atoms with Crippen LogP contribution >= 0.6 is 0 Å². The van der Waals surface area contributed by atoms with Crippen molar-refractivity contribution in [1.82, 2.24) is 15.0 Å². The fourth-order valence-electron chi connectivity index (χ4n) is 2.48. The highest BCUT2D eigenvalue weighted by Crippen LogP contribution is 2.12. The number of fused-ring (bicyclic) bond motifs is 1. The molecule has 2 aromatic carbocycles. The number of hydrogen-bond acceptors (Lipinski definition) is 5. The first kappa shape index (κ1) is 18.7. The summed E-state index contributed by atoms with van der Waals surface area (Å²) < 4.78 is 35.0. The van der Waals surface area contributed by atoms with Crippen molar-refractivity contribution in [2.24, 2.45) is 7.05 Å². The second kappa shape index (κ2) is 7.65. The molecule has 7 nitrogen and oxygen atoms in total. The number of para-hydroxylation sites is 1. The molecular weight excluding hydrogens is 364 g/mol. The second-order valence-electron chi connectivity index (χ2n) is 5.93. The molecule has 0 saturated carbocycles. The molecule has 0 aliphatic carbocycles. The van der Waals surface area contributed by atoms with Crippen molar-refractivity contribution in [2.75, 3.05) is 0 Å². The Kier molecular flexibility index (Phi) is 5.29. The van der Waals surface area contributed by atoms with Crippen LogP contribution in [0, 0.1) is 6.92 Å². The first-order valence-corrected chi connectivity index (χ1v) is 9.55. The number of rotatable bonds is 2. The molecule has 0 aliphatic rings. The van der Waals surface area contributed by atoms with E-state index < -0.39 is 10.1 Å². The Hall–Kier alpha value is -3.10. The Balaban J connectivity index is 0.000000168. The molecular formula is C19H18N4O3S. The molecule has 0 aliphatic heterocycles. The van der Waals surface area contributed by atoms with Crippen molar-refractivity contribution in [3.05, 3.63) is 78.5 Å².